The van der Waals surface area contributed by atoms with Crippen LogP contribution in [0.5, 0.6) is 0 Å². The van der Waals surface area contributed by atoms with Crippen molar-refractivity contribution >= 4 is 29.1 Å². The van der Waals surface area contributed by atoms with Gasteiger partial charge in [0.15, 0.2) is 0 Å². The van der Waals surface area contributed by atoms with Crippen molar-refractivity contribution in [1.82, 2.24) is 0 Å². The van der Waals surface area contributed by atoms with Crippen molar-refractivity contribution in [2.75, 3.05) is 0 Å². The SMILES string of the molecule is CC(O)c1ccc(SCc2ccc(Cl)cc2)c([N+](=O)[O-])c1. The molecule has 0 radical (unpaired) electrons. The van der Waals surface area contributed by atoms with Crippen LogP contribution in [0.2, 0.25) is 5.02 Å². The van der Waals surface area contributed by atoms with E-state index in [1.54, 1.807) is 31.2 Å². The van der Waals surface area contributed by atoms with E-state index in [1.807, 2.05) is 12.1 Å². The second kappa shape index (κ2) is 6.93. The Bertz CT molecular complexity index is 644. The molecule has 0 heterocycles. The Morgan fingerprint density at radius 3 is 2.52 bits per heavy atom. The van der Waals surface area contributed by atoms with Crippen LogP contribution in [-0.2, 0) is 5.75 Å². The van der Waals surface area contributed by atoms with Gasteiger partial charge >= 0.3 is 0 Å². The maximum Gasteiger partial charge on any atom is 0.283 e. The van der Waals surface area contributed by atoms with Gasteiger partial charge in [-0.25, -0.2) is 0 Å². The minimum atomic E-state index is -0.723. The zero-order valence-electron chi connectivity index (χ0n) is 11.3. The number of nitro groups is 1. The van der Waals surface area contributed by atoms with E-state index < -0.39 is 11.0 Å². The number of aliphatic hydroxyl groups excluding tert-OH is 1. The van der Waals surface area contributed by atoms with E-state index in [4.69, 9.17) is 11.6 Å². The number of thioether (sulfide) groups is 1. The maximum atomic E-state index is 11.1. The number of hydrogen-bond acceptors (Lipinski definition) is 4. The monoisotopic (exact) mass is 323 g/mol. The predicted octanol–water partition coefficient (Wildman–Crippen LogP) is 4.59. The molecule has 2 aromatic carbocycles. The lowest BCUT2D eigenvalue weighted by Crippen LogP contribution is -1.96. The van der Waals surface area contributed by atoms with Crippen molar-refractivity contribution in [3.8, 4) is 0 Å². The van der Waals surface area contributed by atoms with Gasteiger partial charge in [-0.2, -0.15) is 0 Å². The van der Waals surface area contributed by atoms with Crippen LogP contribution in [0.3, 0.4) is 0 Å². The fraction of sp³-hybridized carbons (Fsp3) is 0.200. The number of hydrogen-bond donors (Lipinski definition) is 1. The summed E-state index contributed by atoms with van der Waals surface area (Å²) in [4.78, 5) is 11.3. The van der Waals surface area contributed by atoms with Crippen molar-refractivity contribution in [3.63, 3.8) is 0 Å². The van der Waals surface area contributed by atoms with Crippen molar-refractivity contribution in [3.05, 3.63) is 68.7 Å². The molecule has 0 aliphatic carbocycles. The summed E-state index contributed by atoms with van der Waals surface area (Å²) in [6.07, 6.45) is -0.723. The van der Waals surface area contributed by atoms with Crippen LogP contribution < -0.4 is 0 Å². The van der Waals surface area contributed by atoms with Gasteiger partial charge in [-0.05, 0) is 36.2 Å². The third-order valence-corrected chi connectivity index (χ3v) is 4.36. The third-order valence-electron chi connectivity index (χ3n) is 2.97. The highest BCUT2D eigenvalue weighted by Gasteiger charge is 2.16. The molecular weight excluding hydrogens is 310 g/mol. The molecule has 0 bridgehead atoms. The predicted molar refractivity (Wildman–Crippen MR) is 84.7 cm³/mol. The van der Waals surface area contributed by atoms with E-state index in [9.17, 15) is 15.2 Å². The van der Waals surface area contributed by atoms with Crippen LogP contribution >= 0.6 is 23.4 Å². The van der Waals surface area contributed by atoms with Crippen molar-refractivity contribution in [1.29, 1.82) is 0 Å². The molecule has 2 aromatic rings. The molecule has 21 heavy (non-hydrogen) atoms. The number of aliphatic hydroxyl groups is 1. The molecule has 0 saturated heterocycles. The van der Waals surface area contributed by atoms with Crippen LogP contribution in [0.25, 0.3) is 0 Å². The first-order valence-electron chi connectivity index (χ1n) is 6.31. The Labute approximate surface area is 131 Å². The molecule has 1 unspecified atom stereocenters. The summed E-state index contributed by atoms with van der Waals surface area (Å²) in [6.45, 7) is 1.58. The summed E-state index contributed by atoms with van der Waals surface area (Å²) < 4.78 is 0. The number of nitrogens with zero attached hydrogens (tertiary/aromatic N) is 1. The molecule has 0 fully saturated rings. The van der Waals surface area contributed by atoms with Crippen LogP contribution in [0.4, 0.5) is 5.69 Å². The molecule has 110 valence electrons. The molecule has 1 N–H and O–H groups in total. The summed E-state index contributed by atoms with van der Waals surface area (Å²) in [7, 11) is 0. The lowest BCUT2D eigenvalue weighted by atomic mass is 10.1. The quantitative estimate of drug-likeness (QED) is 0.496. The zero-order valence-corrected chi connectivity index (χ0v) is 12.9. The molecule has 1 atom stereocenters. The van der Waals surface area contributed by atoms with Crippen LogP contribution in [0.1, 0.15) is 24.2 Å². The van der Waals surface area contributed by atoms with Crippen LogP contribution in [-0.4, -0.2) is 10.0 Å². The number of halogens is 1. The summed E-state index contributed by atoms with van der Waals surface area (Å²) in [5, 5.41) is 21.3. The summed E-state index contributed by atoms with van der Waals surface area (Å²) in [5.74, 6) is 0.617. The summed E-state index contributed by atoms with van der Waals surface area (Å²) >= 11 is 7.21. The molecule has 6 heteroatoms. The van der Waals surface area contributed by atoms with E-state index in [0.29, 0.717) is 21.2 Å². The Morgan fingerprint density at radius 2 is 1.95 bits per heavy atom. The molecular formula is C15H14ClNO3S. The number of benzene rings is 2. The molecule has 0 aliphatic rings. The summed E-state index contributed by atoms with van der Waals surface area (Å²) in [5.41, 5.74) is 1.60. The average Bonchev–Trinajstić information content (AvgIpc) is 2.46. The van der Waals surface area contributed by atoms with E-state index >= 15 is 0 Å². The Hall–Kier alpha value is -1.56. The third kappa shape index (κ3) is 4.20. The van der Waals surface area contributed by atoms with Gasteiger partial charge in [0.25, 0.3) is 5.69 Å². The lowest BCUT2D eigenvalue weighted by molar-refractivity contribution is -0.387. The minimum absolute atomic E-state index is 0.0207. The number of nitro benzene ring substituents is 1. The highest BCUT2D eigenvalue weighted by atomic mass is 35.5. The van der Waals surface area contributed by atoms with Gasteiger partial charge in [-0.1, -0.05) is 29.8 Å². The van der Waals surface area contributed by atoms with Gasteiger partial charge in [-0.3, -0.25) is 10.1 Å². The van der Waals surface area contributed by atoms with E-state index in [0.717, 1.165) is 5.56 Å². The van der Waals surface area contributed by atoms with E-state index in [-0.39, 0.29) is 5.69 Å². The molecule has 0 spiro atoms. The number of rotatable bonds is 5. The van der Waals surface area contributed by atoms with Crippen molar-refractivity contribution in [2.24, 2.45) is 0 Å². The fourth-order valence-corrected chi connectivity index (χ4v) is 2.89. The minimum Gasteiger partial charge on any atom is -0.389 e. The standard InChI is InChI=1S/C15H14ClNO3S/c1-10(18)12-4-7-15(14(8-12)17(19)20)21-9-11-2-5-13(16)6-3-11/h2-8,10,18H,9H2,1H3. The van der Waals surface area contributed by atoms with Gasteiger partial charge in [0.2, 0.25) is 0 Å². The Kier molecular flexibility index (Phi) is 5.22. The van der Waals surface area contributed by atoms with Crippen LogP contribution in [0.15, 0.2) is 47.4 Å². The molecule has 0 amide bonds. The summed E-state index contributed by atoms with van der Waals surface area (Å²) in [6, 6.07) is 12.2. The molecule has 0 aliphatic heterocycles. The Balaban J connectivity index is 2.19. The Morgan fingerprint density at radius 1 is 1.29 bits per heavy atom. The smallest absolute Gasteiger partial charge is 0.283 e. The first kappa shape index (κ1) is 15.8. The normalized spacial score (nSPS) is 12.1. The zero-order chi connectivity index (χ0) is 15.4. The maximum absolute atomic E-state index is 11.1. The second-order valence-electron chi connectivity index (χ2n) is 4.58. The first-order valence-corrected chi connectivity index (χ1v) is 7.67. The molecule has 0 aromatic heterocycles. The molecule has 4 nitrogen and oxygen atoms in total. The highest BCUT2D eigenvalue weighted by molar-refractivity contribution is 7.98. The van der Waals surface area contributed by atoms with E-state index in [1.165, 1.54) is 17.8 Å². The first-order chi connectivity index (χ1) is 9.97. The van der Waals surface area contributed by atoms with Crippen molar-refractivity contribution < 1.29 is 10.0 Å². The van der Waals surface area contributed by atoms with Gasteiger partial charge in [-0.15, -0.1) is 11.8 Å². The van der Waals surface area contributed by atoms with E-state index in [2.05, 4.69) is 0 Å². The van der Waals surface area contributed by atoms with Gasteiger partial charge < -0.3 is 5.11 Å². The fourth-order valence-electron chi connectivity index (χ4n) is 1.80. The van der Waals surface area contributed by atoms with Crippen molar-refractivity contribution in [2.45, 2.75) is 23.7 Å². The largest absolute Gasteiger partial charge is 0.389 e. The molecule has 2 rings (SSSR count). The molecule has 0 saturated carbocycles. The second-order valence-corrected chi connectivity index (χ2v) is 6.03. The lowest BCUT2D eigenvalue weighted by Gasteiger charge is -2.08. The van der Waals surface area contributed by atoms with Crippen LogP contribution in [0, 0.1) is 10.1 Å². The highest BCUT2D eigenvalue weighted by Crippen LogP contribution is 2.33. The average molecular weight is 324 g/mol. The topological polar surface area (TPSA) is 63.4 Å². The van der Waals surface area contributed by atoms with Gasteiger partial charge in [0, 0.05) is 16.8 Å². The van der Waals surface area contributed by atoms with Gasteiger partial charge in [0.1, 0.15) is 0 Å². The van der Waals surface area contributed by atoms with Gasteiger partial charge in [0.05, 0.1) is 15.9 Å².